The quantitative estimate of drug-likeness (QED) is 0.581. The normalized spacial score (nSPS) is 14.8. The number of rotatable bonds is 0. The van der Waals surface area contributed by atoms with Gasteiger partial charge in [-0.05, 0) is 19.3 Å². The van der Waals surface area contributed by atoms with E-state index in [1.165, 1.54) is 0 Å². The van der Waals surface area contributed by atoms with E-state index in [1.807, 2.05) is 0 Å². The third-order valence-electron chi connectivity index (χ3n) is 2.34. The van der Waals surface area contributed by atoms with Crippen LogP contribution < -0.4 is 11.3 Å². The van der Waals surface area contributed by atoms with Crippen LogP contribution in [-0.4, -0.2) is 9.55 Å². The zero-order valence-electron chi connectivity index (χ0n) is 7.00. The van der Waals surface area contributed by atoms with Crippen molar-refractivity contribution in [2.24, 2.45) is 7.05 Å². The average Bonchev–Trinajstić information content (AvgIpc) is 2.48. The van der Waals surface area contributed by atoms with E-state index in [9.17, 15) is 4.79 Å². The molecule has 1 heterocycles. The van der Waals surface area contributed by atoms with Crippen LogP contribution in [0.3, 0.4) is 0 Å². The highest BCUT2D eigenvalue weighted by molar-refractivity contribution is 5.31. The number of nitrogens with zero attached hydrogens (tertiary/aromatic N) is 2. The molecule has 0 aliphatic heterocycles. The third kappa shape index (κ3) is 0.841. The summed E-state index contributed by atoms with van der Waals surface area (Å²) in [5.41, 5.74) is 7.32. The number of hydrogen-bond acceptors (Lipinski definition) is 3. The second-order valence-electron chi connectivity index (χ2n) is 3.11. The highest BCUT2D eigenvalue weighted by atomic mass is 16.1. The molecule has 1 aliphatic rings. The maximum atomic E-state index is 11.3. The predicted molar refractivity (Wildman–Crippen MR) is 45.9 cm³/mol. The Morgan fingerprint density at radius 2 is 2.25 bits per heavy atom. The van der Waals surface area contributed by atoms with E-state index in [-0.39, 0.29) is 11.4 Å². The molecule has 0 aromatic carbocycles. The van der Waals surface area contributed by atoms with Crippen LogP contribution in [0.1, 0.15) is 17.8 Å². The Morgan fingerprint density at radius 1 is 1.50 bits per heavy atom. The van der Waals surface area contributed by atoms with Gasteiger partial charge in [0.15, 0.2) is 5.82 Å². The van der Waals surface area contributed by atoms with Crippen molar-refractivity contribution in [2.45, 2.75) is 19.3 Å². The summed E-state index contributed by atoms with van der Waals surface area (Å²) < 4.78 is 1.62. The highest BCUT2D eigenvalue weighted by Gasteiger charge is 2.17. The molecule has 4 heteroatoms. The molecule has 12 heavy (non-hydrogen) atoms. The second kappa shape index (κ2) is 2.33. The minimum atomic E-state index is -0.171. The molecule has 1 aromatic rings. The summed E-state index contributed by atoms with van der Waals surface area (Å²) in [6.45, 7) is 0. The van der Waals surface area contributed by atoms with E-state index < -0.39 is 0 Å². The standard InChI is InChI=1S/C8H11N3O/c1-11-6-4-2-3-5(6)10-7(9)8(11)12/h2-4H2,1H3,(H2,9,10). The van der Waals surface area contributed by atoms with Gasteiger partial charge in [0.2, 0.25) is 0 Å². The Morgan fingerprint density at radius 3 is 3.00 bits per heavy atom. The lowest BCUT2D eigenvalue weighted by Gasteiger charge is -2.05. The number of nitrogens with two attached hydrogens (primary N) is 1. The van der Waals surface area contributed by atoms with Gasteiger partial charge in [-0.25, -0.2) is 4.98 Å². The number of aryl methyl sites for hydroxylation is 1. The van der Waals surface area contributed by atoms with Gasteiger partial charge in [-0.3, -0.25) is 4.79 Å². The average molecular weight is 165 g/mol. The molecule has 4 nitrogen and oxygen atoms in total. The van der Waals surface area contributed by atoms with Crippen molar-refractivity contribution >= 4 is 5.82 Å². The molecule has 0 amide bonds. The Kier molecular flexibility index (Phi) is 1.43. The lowest BCUT2D eigenvalue weighted by molar-refractivity contribution is 0.772. The van der Waals surface area contributed by atoms with Crippen molar-refractivity contribution in [1.82, 2.24) is 9.55 Å². The fourth-order valence-electron chi connectivity index (χ4n) is 1.68. The zero-order chi connectivity index (χ0) is 8.72. The lowest BCUT2D eigenvalue weighted by Crippen LogP contribution is -2.25. The van der Waals surface area contributed by atoms with Crippen LogP contribution in [0.15, 0.2) is 4.79 Å². The van der Waals surface area contributed by atoms with Gasteiger partial charge in [-0.2, -0.15) is 0 Å². The summed E-state index contributed by atoms with van der Waals surface area (Å²) >= 11 is 0. The van der Waals surface area contributed by atoms with Crippen LogP contribution in [0.4, 0.5) is 5.82 Å². The number of aromatic nitrogens is 2. The zero-order valence-corrected chi connectivity index (χ0v) is 7.00. The van der Waals surface area contributed by atoms with E-state index in [1.54, 1.807) is 11.6 Å². The fraction of sp³-hybridized carbons (Fsp3) is 0.500. The summed E-state index contributed by atoms with van der Waals surface area (Å²) in [5.74, 6) is 0.123. The smallest absolute Gasteiger partial charge is 0.293 e. The van der Waals surface area contributed by atoms with E-state index in [0.29, 0.717) is 0 Å². The minimum absolute atomic E-state index is 0.123. The molecule has 0 saturated carbocycles. The van der Waals surface area contributed by atoms with Crippen LogP contribution in [0.2, 0.25) is 0 Å². The molecule has 0 radical (unpaired) electrons. The highest BCUT2D eigenvalue weighted by Crippen LogP contribution is 2.17. The molecule has 0 bridgehead atoms. The minimum Gasteiger partial charge on any atom is -0.379 e. The van der Waals surface area contributed by atoms with Gasteiger partial charge in [-0.15, -0.1) is 0 Å². The summed E-state index contributed by atoms with van der Waals surface area (Å²) in [7, 11) is 1.75. The molecular formula is C8H11N3O. The molecule has 0 saturated heterocycles. The second-order valence-corrected chi connectivity index (χ2v) is 3.11. The van der Waals surface area contributed by atoms with Gasteiger partial charge >= 0.3 is 0 Å². The van der Waals surface area contributed by atoms with Crippen LogP contribution in [-0.2, 0) is 19.9 Å². The van der Waals surface area contributed by atoms with Gasteiger partial charge in [0.05, 0.1) is 5.69 Å². The SMILES string of the molecule is Cn1c2c(nc(N)c1=O)CCC2. The summed E-state index contributed by atoms with van der Waals surface area (Å²) in [4.78, 5) is 15.4. The number of anilines is 1. The summed E-state index contributed by atoms with van der Waals surface area (Å²) in [6.07, 6.45) is 2.99. The number of fused-ring (bicyclic) bond motifs is 1. The first kappa shape index (κ1) is 7.34. The van der Waals surface area contributed by atoms with Crippen molar-refractivity contribution in [1.29, 1.82) is 0 Å². The first-order valence-corrected chi connectivity index (χ1v) is 4.04. The topological polar surface area (TPSA) is 60.9 Å². The first-order valence-electron chi connectivity index (χ1n) is 4.04. The molecule has 1 aromatic heterocycles. The maximum absolute atomic E-state index is 11.3. The van der Waals surface area contributed by atoms with Crippen molar-refractivity contribution < 1.29 is 0 Å². The van der Waals surface area contributed by atoms with E-state index in [2.05, 4.69) is 4.98 Å². The van der Waals surface area contributed by atoms with Crippen LogP contribution in [0.25, 0.3) is 0 Å². The molecule has 0 spiro atoms. The Balaban J connectivity index is 2.76. The maximum Gasteiger partial charge on any atom is 0.293 e. The monoisotopic (exact) mass is 165 g/mol. The fourth-order valence-corrected chi connectivity index (χ4v) is 1.68. The third-order valence-corrected chi connectivity index (χ3v) is 2.34. The molecule has 2 rings (SSSR count). The summed E-state index contributed by atoms with van der Waals surface area (Å²) in [6, 6.07) is 0. The Hall–Kier alpha value is -1.32. The van der Waals surface area contributed by atoms with E-state index in [0.717, 1.165) is 30.7 Å². The summed E-state index contributed by atoms with van der Waals surface area (Å²) in [5, 5.41) is 0. The van der Waals surface area contributed by atoms with E-state index in [4.69, 9.17) is 5.73 Å². The molecule has 0 fully saturated rings. The van der Waals surface area contributed by atoms with Gasteiger partial charge in [0.1, 0.15) is 0 Å². The van der Waals surface area contributed by atoms with E-state index >= 15 is 0 Å². The van der Waals surface area contributed by atoms with Gasteiger partial charge < -0.3 is 10.3 Å². The van der Waals surface area contributed by atoms with Crippen LogP contribution in [0, 0.1) is 0 Å². The molecule has 2 N–H and O–H groups in total. The van der Waals surface area contributed by atoms with Gasteiger partial charge in [-0.1, -0.05) is 0 Å². The van der Waals surface area contributed by atoms with Crippen LogP contribution >= 0.6 is 0 Å². The van der Waals surface area contributed by atoms with Crippen molar-refractivity contribution in [3.8, 4) is 0 Å². The van der Waals surface area contributed by atoms with Crippen molar-refractivity contribution in [3.05, 3.63) is 21.7 Å². The molecule has 0 unspecified atom stereocenters. The molecule has 0 atom stereocenters. The predicted octanol–water partition coefficient (Wildman–Crippen LogP) is -0.149. The Bertz CT molecular complexity index is 381. The number of nitrogen functional groups attached to an aromatic ring is 1. The van der Waals surface area contributed by atoms with Crippen molar-refractivity contribution in [3.63, 3.8) is 0 Å². The van der Waals surface area contributed by atoms with Crippen LogP contribution in [0.5, 0.6) is 0 Å². The largest absolute Gasteiger partial charge is 0.379 e. The Labute approximate surface area is 70.0 Å². The molecular weight excluding hydrogens is 154 g/mol. The lowest BCUT2D eigenvalue weighted by atomic mass is 10.3. The molecule has 64 valence electrons. The number of hydrogen-bond donors (Lipinski definition) is 1. The van der Waals surface area contributed by atoms with Gasteiger partial charge in [0, 0.05) is 12.7 Å². The van der Waals surface area contributed by atoms with Crippen molar-refractivity contribution in [2.75, 3.05) is 5.73 Å². The molecule has 1 aliphatic carbocycles. The van der Waals surface area contributed by atoms with Gasteiger partial charge in [0.25, 0.3) is 5.56 Å². The first-order chi connectivity index (χ1) is 5.70.